The van der Waals surface area contributed by atoms with Gasteiger partial charge in [-0.15, -0.1) is 0 Å². The van der Waals surface area contributed by atoms with Gasteiger partial charge in [-0.2, -0.15) is 5.26 Å². The lowest BCUT2D eigenvalue weighted by Crippen LogP contribution is -2.27. The summed E-state index contributed by atoms with van der Waals surface area (Å²) < 4.78 is 0. The number of rotatable bonds is 5. The fourth-order valence-electron chi connectivity index (χ4n) is 4.18. The quantitative estimate of drug-likeness (QED) is 0.840. The molecule has 0 bridgehead atoms. The van der Waals surface area contributed by atoms with E-state index in [1.807, 2.05) is 12.1 Å². The molecule has 0 radical (unpaired) electrons. The van der Waals surface area contributed by atoms with Crippen molar-refractivity contribution in [1.82, 2.24) is 0 Å². The van der Waals surface area contributed by atoms with Crippen LogP contribution in [0.1, 0.15) is 59.2 Å². The second kappa shape index (κ2) is 8.26. The molecule has 0 fully saturated rings. The molecule has 1 amide bonds. The van der Waals surface area contributed by atoms with Crippen molar-refractivity contribution in [3.05, 3.63) is 64.7 Å². The van der Waals surface area contributed by atoms with Gasteiger partial charge in [0.25, 0.3) is 5.91 Å². The molecule has 1 aliphatic rings. The minimum absolute atomic E-state index is 0.129. The lowest BCUT2D eigenvalue weighted by molar-refractivity contribution is -0.138. The Kier molecular flexibility index (Phi) is 5.79. The van der Waals surface area contributed by atoms with E-state index in [9.17, 15) is 14.7 Å². The average molecular weight is 376 g/mol. The number of benzene rings is 2. The zero-order chi connectivity index (χ0) is 20.3. The summed E-state index contributed by atoms with van der Waals surface area (Å²) in [7, 11) is 1.74. The number of aliphatic carboxylic acids is 1. The number of nitriles is 1. The number of amides is 1. The van der Waals surface area contributed by atoms with Gasteiger partial charge < -0.3 is 10.0 Å². The van der Waals surface area contributed by atoms with E-state index < -0.39 is 5.97 Å². The van der Waals surface area contributed by atoms with Gasteiger partial charge in [-0.05, 0) is 78.6 Å². The van der Waals surface area contributed by atoms with Gasteiger partial charge in [-0.3, -0.25) is 9.59 Å². The molecule has 0 aliphatic heterocycles. The van der Waals surface area contributed by atoms with Crippen molar-refractivity contribution in [2.24, 2.45) is 5.92 Å². The topological polar surface area (TPSA) is 81.4 Å². The number of carboxylic acids is 1. The van der Waals surface area contributed by atoms with E-state index in [4.69, 9.17) is 5.26 Å². The Morgan fingerprint density at radius 1 is 1.21 bits per heavy atom. The van der Waals surface area contributed by atoms with Gasteiger partial charge in [0.05, 0.1) is 11.6 Å². The Hall–Kier alpha value is -3.13. The van der Waals surface area contributed by atoms with Crippen LogP contribution in [-0.4, -0.2) is 24.0 Å². The molecule has 2 aromatic carbocycles. The van der Waals surface area contributed by atoms with Crippen molar-refractivity contribution in [2.45, 2.75) is 38.5 Å². The number of fused-ring (bicyclic) bond motifs is 1. The largest absolute Gasteiger partial charge is 0.481 e. The average Bonchev–Trinajstić information content (AvgIpc) is 2.71. The molecule has 2 unspecified atom stereocenters. The molecule has 0 spiro atoms. The molecule has 5 heteroatoms. The number of carbonyl (C=O) groups is 2. The van der Waals surface area contributed by atoms with Crippen LogP contribution in [0.15, 0.2) is 42.5 Å². The normalized spacial score (nSPS) is 18.0. The summed E-state index contributed by atoms with van der Waals surface area (Å²) in [5.41, 5.74) is 4.24. The van der Waals surface area contributed by atoms with Crippen LogP contribution < -0.4 is 4.90 Å². The van der Waals surface area contributed by atoms with Crippen molar-refractivity contribution < 1.29 is 14.7 Å². The van der Waals surface area contributed by atoms with Crippen LogP contribution in [0.5, 0.6) is 0 Å². The fourth-order valence-corrected chi connectivity index (χ4v) is 4.18. The summed E-state index contributed by atoms with van der Waals surface area (Å²) >= 11 is 0. The van der Waals surface area contributed by atoms with E-state index >= 15 is 0 Å². The second-order valence-electron chi connectivity index (χ2n) is 7.35. The van der Waals surface area contributed by atoms with E-state index in [-0.39, 0.29) is 24.2 Å². The van der Waals surface area contributed by atoms with Crippen LogP contribution in [0.2, 0.25) is 0 Å². The Morgan fingerprint density at radius 2 is 1.93 bits per heavy atom. The smallest absolute Gasteiger partial charge is 0.303 e. The molecule has 2 aromatic rings. The lowest BCUT2D eigenvalue weighted by atomic mass is 9.72. The number of aryl methyl sites for hydroxylation is 1. The maximum Gasteiger partial charge on any atom is 0.303 e. The highest BCUT2D eigenvalue weighted by atomic mass is 16.4. The van der Waals surface area contributed by atoms with Gasteiger partial charge in [0.1, 0.15) is 0 Å². The van der Waals surface area contributed by atoms with Crippen molar-refractivity contribution in [3.63, 3.8) is 0 Å². The predicted molar refractivity (Wildman–Crippen MR) is 107 cm³/mol. The van der Waals surface area contributed by atoms with Gasteiger partial charge in [-0.1, -0.05) is 13.0 Å². The maximum absolute atomic E-state index is 12.8. The zero-order valence-electron chi connectivity index (χ0n) is 16.2. The Balaban J connectivity index is 1.88. The number of anilines is 1. The van der Waals surface area contributed by atoms with Gasteiger partial charge in [0.2, 0.25) is 0 Å². The third-order valence-electron chi connectivity index (χ3n) is 5.71. The first-order chi connectivity index (χ1) is 13.4. The van der Waals surface area contributed by atoms with Crippen molar-refractivity contribution in [3.8, 4) is 6.07 Å². The van der Waals surface area contributed by atoms with Gasteiger partial charge in [0, 0.05) is 24.7 Å². The van der Waals surface area contributed by atoms with Crippen molar-refractivity contribution >= 4 is 17.6 Å². The lowest BCUT2D eigenvalue weighted by Gasteiger charge is -2.33. The molecule has 144 valence electrons. The number of carboxylic acid groups (broad SMARTS) is 1. The summed E-state index contributed by atoms with van der Waals surface area (Å²) in [5, 5.41) is 18.1. The van der Waals surface area contributed by atoms with Gasteiger partial charge in [0.15, 0.2) is 0 Å². The molecule has 5 nitrogen and oxygen atoms in total. The predicted octanol–water partition coefficient (Wildman–Crippen LogP) is 4.37. The van der Waals surface area contributed by atoms with Crippen molar-refractivity contribution in [1.29, 1.82) is 5.26 Å². The first-order valence-electron chi connectivity index (χ1n) is 9.57. The van der Waals surface area contributed by atoms with E-state index in [0.29, 0.717) is 11.1 Å². The molecule has 28 heavy (non-hydrogen) atoms. The summed E-state index contributed by atoms with van der Waals surface area (Å²) in [5.74, 6) is -0.574. The van der Waals surface area contributed by atoms with Crippen LogP contribution in [0.3, 0.4) is 0 Å². The number of carbonyl (C=O) groups excluding carboxylic acids is 1. The molecule has 1 N–H and O–H groups in total. The monoisotopic (exact) mass is 376 g/mol. The molecule has 1 aliphatic carbocycles. The number of nitrogens with zero attached hydrogens (tertiary/aromatic N) is 2. The molecule has 0 saturated heterocycles. The third-order valence-corrected chi connectivity index (χ3v) is 5.71. The van der Waals surface area contributed by atoms with E-state index in [1.54, 1.807) is 36.2 Å². The van der Waals surface area contributed by atoms with Crippen LogP contribution in [0.4, 0.5) is 5.69 Å². The third kappa shape index (κ3) is 3.91. The molecule has 3 rings (SSSR count). The molecule has 0 aromatic heterocycles. The fraction of sp³-hybridized carbons (Fsp3) is 0.348. The standard InChI is InChI=1S/C23H24N2O3/c1-3-20-18(12-22(26)27)9-8-16-10-11-19(13-21(16)20)25(2)23(28)17-6-4-15(14-24)5-7-17/h4-7,10-11,13,18,20H,3,8-9,12H2,1-2H3,(H,26,27). The van der Waals surface area contributed by atoms with Gasteiger partial charge >= 0.3 is 5.97 Å². The minimum Gasteiger partial charge on any atom is -0.481 e. The molecule has 0 saturated carbocycles. The Bertz CT molecular complexity index is 928. The minimum atomic E-state index is -0.754. The second-order valence-corrected chi connectivity index (χ2v) is 7.35. The Morgan fingerprint density at radius 3 is 2.54 bits per heavy atom. The molecular formula is C23H24N2O3. The number of hydrogen-bond acceptors (Lipinski definition) is 3. The highest BCUT2D eigenvalue weighted by Gasteiger charge is 2.30. The highest BCUT2D eigenvalue weighted by molar-refractivity contribution is 6.05. The maximum atomic E-state index is 12.8. The van der Waals surface area contributed by atoms with E-state index in [1.165, 1.54) is 5.56 Å². The summed E-state index contributed by atoms with van der Waals surface area (Å²) in [6.07, 6.45) is 2.82. The SMILES string of the molecule is CCC1c2cc(N(C)C(=O)c3ccc(C#N)cc3)ccc2CCC1CC(=O)O. The van der Waals surface area contributed by atoms with Gasteiger partial charge in [-0.25, -0.2) is 0 Å². The van der Waals surface area contributed by atoms with Crippen LogP contribution in [0, 0.1) is 17.2 Å². The van der Waals surface area contributed by atoms with E-state index in [0.717, 1.165) is 30.5 Å². The molecule has 0 heterocycles. The molecular weight excluding hydrogens is 352 g/mol. The highest BCUT2D eigenvalue weighted by Crippen LogP contribution is 2.41. The Labute approximate surface area is 165 Å². The summed E-state index contributed by atoms with van der Waals surface area (Å²) in [4.78, 5) is 25.7. The first-order valence-corrected chi connectivity index (χ1v) is 9.57. The zero-order valence-corrected chi connectivity index (χ0v) is 16.2. The van der Waals surface area contributed by atoms with Crippen LogP contribution in [0.25, 0.3) is 0 Å². The molecule has 2 atom stereocenters. The summed E-state index contributed by atoms with van der Waals surface area (Å²) in [6, 6.07) is 14.7. The van der Waals surface area contributed by atoms with E-state index in [2.05, 4.69) is 19.1 Å². The summed E-state index contributed by atoms with van der Waals surface area (Å²) in [6.45, 7) is 2.09. The first kappa shape index (κ1) is 19.6. The van der Waals surface area contributed by atoms with Crippen LogP contribution >= 0.6 is 0 Å². The van der Waals surface area contributed by atoms with Crippen molar-refractivity contribution in [2.75, 3.05) is 11.9 Å². The number of hydrogen-bond donors (Lipinski definition) is 1. The van der Waals surface area contributed by atoms with Crippen LogP contribution in [-0.2, 0) is 11.2 Å².